The predicted molar refractivity (Wildman–Crippen MR) is 57.2 cm³/mol. The van der Waals surface area contributed by atoms with Gasteiger partial charge in [0, 0.05) is 0 Å². The lowest BCUT2D eigenvalue weighted by Crippen LogP contribution is -2.22. The van der Waals surface area contributed by atoms with Gasteiger partial charge in [0.25, 0.3) is 0 Å². The molecule has 0 radical (unpaired) electrons. The Morgan fingerprint density at radius 3 is 1.85 bits per heavy atom. The van der Waals surface area contributed by atoms with Crippen molar-refractivity contribution in [3.63, 3.8) is 0 Å². The zero-order valence-electron chi connectivity index (χ0n) is 9.93. The molecule has 0 fully saturated rings. The van der Waals surface area contributed by atoms with E-state index in [-0.39, 0.29) is 12.1 Å². The second kappa shape index (κ2) is 4.92. The van der Waals surface area contributed by atoms with Crippen LogP contribution in [-0.2, 0) is 28.8 Å². The van der Waals surface area contributed by atoms with Gasteiger partial charge in [-0.3, -0.25) is 0 Å². The van der Waals surface area contributed by atoms with Crippen LogP contribution in [0.1, 0.15) is 23.6 Å². The topological polar surface area (TPSA) is 60.2 Å². The van der Waals surface area contributed by atoms with Crippen LogP contribution < -0.4 is 5.14 Å². The average Bonchev–Trinajstić information content (AvgIpc) is 2.23. The minimum Gasteiger partial charge on any atom is -0.225 e. The lowest BCUT2D eigenvalue weighted by molar-refractivity contribution is -0.143. The first-order chi connectivity index (χ1) is 8.78. The number of aryl methyl sites for hydroxylation is 1. The van der Waals surface area contributed by atoms with Crippen LogP contribution in [-0.4, -0.2) is 8.42 Å². The van der Waals surface area contributed by atoms with Crippen molar-refractivity contribution in [1.82, 2.24) is 0 Å². The SMILES string of the molecule is CCc1cc(C(F)(F)F)cc(S(N)(=O)=O)c1C(F)(F)F. The molecule has 10 heteroatoms. The van der Waals surface area contributed by atoms with Crippen LogP contribution in [0.2, 0.25) is 0 Å². The molecule has 0 amide bonds. The van der Waals surface area contributed by atoms with Crippen molar-refractivity contribution < 1.29 is 34.8 Å². The quantitative estimate of drug-likeness (QED) is 0.852. The molecule has 1 rings (SSSR count). The first-order valence-corrected chi connectivity index (χ1v) is 6.67. The maximum absolute atomic E-state index is 12.9. The molecule has 0 aliphatic heterocycles. The Balaban J connectivity index is 3.85. The van der Waals surface area contributed by atoms with E-state index in [9.17, 15) is 34.8 Å². The van der Waals surface area contributed by atoms with Crippen molar-refractivity contribution in [3.05, 3.63) is 28.8 Å². The summed E-state index contributed by atoms with van der Waals surface area (Å²) in [5, 5.41) is 4.59. The van der Waals surface area contributed by atoms with Crippen molar-refractivity contribution in [1.29, 1.82) is 0 Å². The number of halogens is 6. The zero-order chi connectivity index (χ0) is 15.9. The van der Waals surface area contributed by atoms with Gasteiger partial charge in [-0.2, -0.15) is 26.3 Å². The summed E-state index contributed by atoms with van der Waals surface area (Å²) in [5.41, 5.74) is -3.93. The number of nitrogens with two attached hydrogens (primary N) is 1. The van der Waals surface area contributed by atoms with E-state index in [1.807, 2.05) is 0 Å². The van der Waals surface area contributed by atoms with Gasteiger partial charge in [-0.1, -0.05) is 6.92 Å². The summed E-state index contributed by atoms with van der Waals surface area (Å²) in [6.45, 7) is 1.18. The minimum absolute atomic E-state index is 0.0999. The van der Waals surface area contributed by atoms with Gasteiger partial charge >= 0.3 is 12.4 Å². The normalized spacial score (nSPS) is 13.6. The molecule has 3 nitrogen and oxygen atoms in total. The molecule has 0 aliphatic carbocycles. The largest absolute Gasteiger partial charge is 0.417 e. The smallest absolute Gasteiger partial charge is 0.225 e. The molecule has 0 bridgehead atoms. The third-order valence-electron chi connectivity index (χ3n) is 2.48. The summed E-state index contributed by atoms with van der Waals surface area (Å²) in [6.07, 6.45) is -10.5. The van der Waals surface area contributed by atoms with Crippen LogP contribution in [0.25, 0.3) is 0 Å². The number of hydrogen-bond acceptors (Lipinski definition) is 2. The standard InChI is InChI=1S/C10H9F6NO2S/c1-2-5-3-6(9(11,12)13)4-7(20(17,18)19)8(5)10(14,15)16/h3-4H,2H2,1H3,(H2,17,18,19). The van der Waals surface area contributed by atoms with Crippen molar-refractivity contribution in [2.75, 3.05) is 0 Å². The molecule has 0 aromatic heterocycles. The van der Waals surface area contributed by atoms with E-state index in [2.05, 4.69) is 5.14 Å². The highest BCUT2D eigenvalue weighted by molar-refractivity contribution is 7.89. The summed E-state index contributed by atoms with van der Waals surface area (Å²) >= 11 is 0. The number of hydrogen-bond donors (Lipinski definition) is 1. The fraction of sp³-hybridized carbons (Fsp3) is 0.400. The Hall–Kier alpha value is -1.29. The minimum atomic E-state index is -5.13. The molecule has 0 unspecified atom stereocenters. The highest BCUT2D eigenvalue weighted by Crippen LogP contribution is 2.40. The Morgan fingerprint density at radius 2 is 1.55 bits per heavy atom. The molecule has 0 saturated carbocycles. The maximum atomic E-state index is 12.9. The van der Waals surface area contributed by atoms with Gasteiger partial charge in [-0.05, 0) is 24.1 Å². The second-order valence-electron chi connectivity index (χ2n) is 3.90. The molecule has 114 valence electrons. The molecular formula is C10H9F6NO2S. The highest BCUT2D eigenvalue weighted by atomic mass is 32.2. The Kier molecular flexibility index (Phi) is 4.12. The maximum Gasteiger partial charge on any atom is 0.417 e. The molecule has 1 aromatic carbocycles. The molecule has 0 saturated heterocycles. The summed E-state index contributed by atoms with van der Waals surface area (Å²) < 4.78 is 98.6. The lowest BCUT2D eigenvalue weighted by atomic mass is 10.0. The van der Waals surface area contributed by atoms with Crippen LogP contribution in [0.15, 0.2) is 17.0 Å². The Morgan fingerprint density at radius 1 is 1.05 bits per heavy atom. The van der Waals surface area contributed by atoms with Crippen LogP contribution >= 0.6 is 0 Å². The summed E-state index contributed by atoms with van der Waals surface area (Å²) in [6, 6.07) is 0.175. The fourth-order valence-electron chi connectivity index (χ4n) is 1.66. The van der Waals surface area contributed by atoms with E-state index >= 15 is 0 Å². The number of rotatable bonds is 2. The fourth-order valence-corrected chi connectivity index (χ4v) is 2.48. The molecule has 0 atom stereocenters. The van der Waals surface area contributed by atoms with Gasteiger partial charge in [0.2, 0.25) is 10.0 Å². The third-order valence-corrected chi connectivity index (χ3v) is 3.42. The van der Waals surface area contributed by atoms with E-state index in [4.69, 9.17) is 0 Å². The third kappa shape index (κ3) is 3.42. The number of alkyl halides is 6. The lowest BCUT2D eigenvalue weighted by Gasteiger charge is -2.18. The first-order valence-electron chi connectivity index (χ1n) is 5.12. The summed E-state index contributed by atoms with van der Waals surface area (Å²) in [7, 11) is -4.95. The van der Waals surface area contributed by atoms with E-state index < -0.39 is 50.4 Å². The van der Waals surface area contributed by atoms with Gasteiger partial charge in [0.15, 0.2) is 0 Å². The average molecular weight is 321 g/mol. The van der Waals surface area contributed by atoms with Gasteiger partial charge in [-0.25, -0.2) is 13.6 Å². The van der Waals surface area contributed by atoms with Crippen molar-refractivity contribution in [2.24, 2.45) is 5.14 Å². The molecule has 2 N–H and O–H groups in total. The molecule has 20 heavy (non-hydrogen) atoms. The van der Waals surface area contributed by atoms with Gasteiger partial charge in [0.1, 0.15) is 0 Å². The molecule has 1 aromatic rings. The van der Waals surface area contributed by atoms with Crippen molar-refractivity contribution in [3.8, 4) is 0 Å². The Labute approximate surface area is 110 Å². The number of benzene rings is 1. The predicted octanol–water partition coefficient (Wildman–Crippen LogP) is 2.93. The van der Waals surface area contributed by atoms with Crippen molar-refractivity contribution in [2.45, 2.75) is 30.6 Å². The van der Waals surface area contributed by atoms with E-state index in [0.717, 1.165) is 0 Å². The first kappa shape index (κ1) is 16.8. The van der Waals surface area contributed by atoms with Crippen molar-refractivity contribution >= 4 is 10.0 Å². The summed E-state index contributed by atoms with van der Waals surface area (Å²) in [5.74, 6) is 0. The highest BCUT2D eigenvalue weighted by Gasteiger charge is 2.41. The van der Waals surface area contributed by atoms with Gasteiger partial charge in [-0.15, -0.1) is 0 Å². The van der Waals surface area contributed by atoms with Crippen LogP contribution in [0, 0.1) is 0 Å². The van der Waals surface area contributed by atoms with Crippen LogP contribution in [0.5, 0.6) is 0 Å². The van der Waals surface area contributed by atoms with E-state index in [0.29, 0.717) is 0 Å². The number of primary sulfonamides is 1. The molecule has 0 aliphatic rings. The van der Waals surface area contributed by atoms with E-state index in [1.54, 1.807) is 0 Å². The van der Waals surface area contributed by atoms with E-state index in [1.165, 1.54) is 6.92 Å². The second-order valence-corrected chi connectivity index (χ2v) is 5.43. The van der Waals surface area contributed by atoms with Crippen LogP contribution in [0.4, 0.5) is 26.3 Å². The Bertz CT molecular complexity index is 618. The summed E-state index contributed by atoms with van der Waals surface area (Å²) in [4.78, 5) is -1.57. The number of sulfonamides is 1. The van der Waals surface area contributed by atoms with Gasteiger partial charge in [0.05, 0.1) is 16.0 Å². The van der Waals surface area contributed by atoms with Gasteiger partial charge < -0.3 is 0 Å². The monoisotopic (exact) mass is 321 g/mol. The molecular weight excluding hydrogens is 312 g/mol. The van der Waals surface area contributed by atoms with Crippen LogP contribution in [0.3, 0.4) is 0 Å². The zero-order valence-corrected chi connectivity index (χ0v) is 10.7. The molecule has 0 spiro atoms. The molecule has 0 heterocycles.